The van der Waals surface area contributed by atoms with Crippen LogP contribution in [0.2, 0.25) is 0 Å². The number of rotatable bonds is 1. The Balaban J connectivity index is 2.37. The van der Waals surface area contributed by atoms with Crippen LogP contribution in [0, 0.1) is 6.92 Å². The first-order valence-electron chi connectivity index (χ1n) is 6.23. The second-order valence-corrected chi connectivity index (χ2v) is 5.14. The summed E-state index contributed by atoms with van der Waals surface area (Å²) in [4.78, 5) is 12.0. The Morgan fingerprint density at radius 1 is 1.35 bits per heavy atom. The molecule has 3 rings (SSSR count). The van der Waals surface area contributed by atoms with E-state index in [0.717, 1.165) is 0 Å². The highest BCUT2D eigenvalue weighted by atomic mass is 16.5. The smallest absolute Gasteiger partial charge is 0.196 e. The van der Waals surface area contributed by atoms with Crippen molar-refractivity contribution in [3.63, 3.8) is 0 Å². The fraction of sp³-hybridized carbons (Fsp3) is 0.267. The van der Waals surface area contributed by atoms with Crippen molar-refractivity contribution in [3.8, 4) is 11.5 Å². The molecule has 0 spiro atoms. The summed E-state index contributed by atoms with van der Waals surface area (Å²) in [6, 6.07) is 2.71. The molecule has 5 nitrogen and oxygen atoms in total. The minimum Gasteiger partial charge on any atom is -0.507 e. The maximum absolute atomic E-state index is 12.0. The molecule has 0 saturated carbocycles. The first-order valence-corrected chi connectivity index (χ1v) is 6.23. The largest absolute Gasteiger partial charge is 0.507 e. The van der Waals surface area contributed by atoms with Crippen molar-refractivity contribution >= 4 is 17.0 Å². The molecule has 1 aromatic carbocycles. The van der Waals surface area contributed by atoms with Gasteiger partial charge in [0.05, 0.1) is 12.2 Å². The summed E-state index contributed by atoms with van der Waals surface area (Å²) in [6.45, 7) is 3.20. The van der Waals surface area contributed by atoms with Crippen LogP contribution in [0.3, 0.4) is 0 Å². The summed E-state index contributed by atoms with van der Waals surface area (Å²) < 4.78 is 11.2. The van der Waals surface area contributed by atoms with E-state index in [1.54, 1.807) is 26.0 Å². The zero-order valence-electron chi connectivity index (χ0n) is 11.1. The summed E-state index contributed by atoms with van der Waals surface area (Å²) in [7, 11) is 0. The average Bonchev–Trinajstić information content (AvgIpc) is 2.37. The minimum absolute atomic E-state index is 0.134. The van der Waals surface area contributed by atoms with Gasteiger partial charge in [-0.2, -0.15) is 0 Å². The van der Waals surface area contributed by atoms with Crippen molar-refractivity contribution in [1.29, 1.82) is 0 Å². The lowest BCUT2D eigenvalue weighted by Gasteiger charge is -2.30. The van der Waals surface area contributed by atoms with Crippen LogP contribution in [0.1, 0.15) is 18.2 Å². The molecule has 1 aromatic heterocycles. The van der Waals surface area contributed by atoms with Gasteiger partial charge in [0.25, 0.3) is 0 Å². The number of hydrogen-bond donors (Lipinski definition) is 2. The average molecular weight is 274 g/mol. The second kappa shape index (κ2) is 4.11. The molecule has 5 heteroatoms. The van der Waals surface area contributed by atoms with E-state index in [4.69, 9.17) is 9.15 Å². The molecule has 2 N–H and O–H groups in total. The van der Waals surface area contributed by atoms with Gasteiger partial charge in [-0.15, -0.1) is 0 Å². The maximum atomic E-state index is 12.0. The Hall–Kier alpha value is -2.27. The van der Waals surface area contributed by atoms with E-state index in [1.807, 2.05) is 0 Å². The van der Waals surface area contributed by atoms with Crippen molar-refractivity contribution in [3.05, 3.63) is 39.8 Å². The van der Waals surface area contributed by atoms with E-state index >= 15 is 0 Å². The third-order valence-electron chi connectivity index (χ3n) is 3.36. The lowest BCUT2D eigenvalue weighted by molar-refractivity contribution is 0.0640. The standard InChI is InChI=1S/C15H14O5/c1-8-5-10(17)13-11(18)6-12-9(14(13)19-8)3-4-15(2,7-16)20-12/h3-6,16,18H,7H2,1-2H3. The molecule has 0 saturated heterocycles. The summed E-state index contributed by atoms with van der Waals surface area (Å²) in [5.41, 5.74) is -0.268. The highest BCUT2D eigenvalue weighted by molar-refractivity contribution is 5.93. The molecular formula is C15H14O5. The summed E-state index contributed by atoms with van der Waals surface area (Å²) in [5, 5.41) is 19.5. The molecular weight excluding hydrogens is 260 g/mol. The van der Waals surface area contributed by atoms with Gasteiger partial charge in [-0.05, 0) is 26.0 Å². The molecule has 1 atom stereocenters. The Morgan fingerprint density at radius 2 is 2.10 bits per heavy atom. The van der Waals surface area contributed by atoms with E-state index in [9.17, 15) is 15.0 Å². The third-order valence-corrected chi connectivity index (χ3v) is 3.36. The zero-order valence-corrected chi connectivity index (χ0v) is 11.1. The van der Waals surface area contributed by atoms with Crippen LogP contribution < -0.4 is 10.2 Å². The summed E-state index contributed by atoms with van der Waals surface area (Å²) in [5.74, 6) is 0.644. The van der Waals surface area contributed by atoms with Crippen LogP contribution in [-0.4, -0.2) is 22.4 Å². The first kappa shape index (κ1) is 12.7. The molecule has 2 aromatic rings. The fourth-order valence-corrected chi connectivity index (χ4v) is 2.30. The van der Waals surface area contributed by atoms with Gasteiger partial charge in [-0.25, -0.2) is 0 Å². The van der Waals surface area contributed by atoms with Crippen LogP contribution in [0.15, 0.2) is 27.4 Å². The van der Waals surface area contributed by atoms with Gasteiger partial charge in [-0.1, -0.05) is 0 Å². The molecule has 0 radical (unpaired) electrons. The van der Waals surface area contributed by atoms with Crippen molar-refractivity contribution in [2.45, 2.75) is 19.4 Å². The molecule has 0 aliphatic carbocycles. The molecule has 1 aliphatic heterocycles. The lowest BCUT2D eigenvalue weighted by atomic mass is 9.99. The molecule has 20 heavy (non-hydrogen) atoms. The van der Waals surface area contributed by atoms with Gasteiger partial charge >= 0.3 is 0 Å². The Bertz CT molecular complexity index is 787. The second-order valence-electron chi connectivity index (χ2n) is 5.14. The van der Waals surface area contributed by atoms with E-state index in [0.29, 0.717) is 22.7 Å². The number of aromatic hydroxyl groups is 1. The zero-order chi connectivity index (χ0) is 14.5. The maximum Gasteiger partial charge on any atom is 0.196 e. The quantitative estimate of drug-likeness (QED) is 0.831. The Morgan fingerprint density at radius 3 is 2.80 bits per heavy atom. The van der Waals surface area contributed by atoms with E-state index in [-0.39, 0.29) is 23.2 Å². The highest BCUT2D eigenvalue weighted by Crippen LogP contribution is 2.39. The van der Waals surface area contributed by atoms with Gasteiger partial charge < -0.3 is 19.4 Å². The molecule has 1 aliphatic rings. The summed E-state index contributed by atoms with van der Waals surface area (Å²) >= 11 is 0. The van der Waals surface area contributed by atoms with E-state index in [1.165, 1.54) is 12.1 Å². The molecule has 104 valence electrons. The molecule has 0 fully saturated rings. The van der Waals surface area contributed by atoms with Gasteiger partial charge in [-0.3, -0.25) is 4.79 Å². The molecule has 0 amide bonds. The van der Waals surface area contributed by atoms with Crippen LogP contribution in [-0.2, 0) is 0 Å². The van der Waals surface area contributed by atoms with Gasteiger partial charge in [0.15, 0.2) is 11.0 Å². The van der Waals surface area contributed by atoms with Gasteiger partial charge in [0.1, 0.15) is 28.2 Å². The van der Waals surface area contributed by atoms with Crippen molar-refractivity contribution < 1.29 is 19.4 Å². The Kier molecular flexibility index (Phi) is 2.62. The molecule has 2 heterocycles. The highest BCUT2D eigenvalue weighted by Gasteiger charge is 2.29. The van der Waals surface area contributed by atoms with Crippen LogP contribution >= 0.6 is 0 Å². The van der Waals surface area contributed by atoms with Crippen molar-refractivity contribution in [2.75, 3.05) is 6.61 Å². The lowest BCUT2D eigenvalue weighted by Crippen LogP contribution is -2.35. The number of hydrogen-bond acceptors (Lipinski definition) is 5. The predicted molar refractivity (Wildman–Crippen MR) is 74.0 cm³/mol. The number of phenols is 1. The normalized spacial score (nSPS) is 20.8. The van der Waals surface area contributed by atoms with Crippen molar-refractivity contribution in [1.82, 2.24) is 0 Å². The number of ether oxygens (including phenoxy) is 1. The third kappa shape index (κ3) is 1.78. The molecule has 0 bridgehead atoms. The minimum atomic E-state index is -0.850. The number of aryl methyl sites for hydroxylation is 1. The monoisotopic (exact) mass is 274 g/mol. The van der Waals surface area contributed by atoms with Gasteiger partial charge in [0, 0.05) is 12.1 Å². The van der Waals surface area contributed by atoms with Crippen LogP contribution in [0.5, 0.6) is 11.5 Å². The number of phenolic OH excluding ortho intramolecular Hbond substituents is 1. The van der Waals surface area contributed by atoms with Gasteiger partial charge in [0.2, 0.25) is 0 Å². The Labute approximate surface area is 114 Å². The number of aliphatic hydroxyl groups is 1. The topological polar surface area (TPSA) is 79.9 Å². The van der Waals surface area contributed by atoms with E-state index < -0.39 is 5.60 Å². The predicted octanol–water partition coefficient (Wildman–Crippen LogP) is 1.96. The number of fused-ring (bicyclic) bond motifs is 3. The first-order chi connectivity index (χ1) is 9.43. The van der Waals surface area contributed by atoms with Crippen molar-refractivity contribution in [2.24, 2.45) is 0 Å². The summed E-state index contributed by atoms with van der Waals surface area (Å²) in [6.07, 6.45) is 3.44. The van der Waals surface area contributed by atoms with Crippen LogP contribution in [0.25, 0.3) is 17.0 Å². The number of aliphatic hydroxyl groups excluding tert-OH is 1. The van der Waals surface area contributed by atoms with Crippen LogP contribution in [0.4, 0.5) is 0 Å². The fourth-order valence-electron chi connectivity index (χ4n) is 2.30. The molecule has 1 unspecified atom stereocenters. The number of benzene rings is 1. The SMILES string of the molecule is Cc1cc(=O)c2c(O)cc3c(c2o1)C=CC(C)(CO)O3. The van der Waals surface area contributed by atoms with E-state index in [2.05, 4.69) is 0 Å².